The van der Waals surface area contributed by atoms with Crippen LogP contribution in [0.15, 0.2) is 66.7 Å². The van der Waals surface area contributed by atoms with Crippen molar-refractivity contribution >= 4 is 0 Å². The predicted octanol–water partition coefficient (Wildman–Crippen LogP) is 8.04. The van der Waals surface area contributed by atoms with E-state index in [2.05, 4.69) is 12.1 Å². The lowest BCUT2D eigenvalue weighted by Gasteiger charge is -2.28. The van der Waals surface area contributed by atoms with Crippen molar-refractivity contribution in [1.29, 1.82) is 0 Å². The molecule has 3 heteroatoms. The topological polar surface area (TPSA) is 9.23 Å². The van der Waals surface area contributed by atoms with Crippen LogP contribution in [0.3, 0.4) is 0 Å². The number of hydrogen-bond acceptors (Lipinski definition) is 1. The van der Waals surface area contributed by atoms with Gasteiger partial charge < -0.3 is 4.74 Å². The van der Waals surface area contributed by atoms with E-state index in [9.17, 15) is 8.78 Å². The number of hydrogen-bond donors (Lipinski definition) is 0. The van der Waals surface area contributed by atoms with Crippen molar-refractivity contribution in [2.45, 2.75) is 63.9 Å². The van der Waals surface area contributed by atoms with Crippen LogP contribution in [0.5, 0.6) is 0 Å². The van der Waals surface area contributed by atoms with Crippen LogP contribution >= 0.6 is 0 Å². The van der Waals surface area contributed by atoms with Gasteiger partial charge in [0, 0.05) is 12.2 Å². The first-order chi connectivity index (χ1) is 15.5. The largest absolute Gasteiger partial charge is 0.379 e. The third-order valence-electron chi connectivity index (χ3n) is 6.81. The molecule has 1 atom stereocenters. The average molecular weight is 435 g/mol. The summed E-state index contributed by atoms with van der Waals surface area (Å²) in [6.07, 6.45) is 5.18. The molecule has 0 N–H and O–H groups in total. The fourth-order valence-electron chi connectivity index (χ4n) is 4.92. The standard InChI is InChI=1S/C29H32F2O/c1-3-32-26-15-13-23(14-16-26)22-9-11-24(12-10-22)25-18-28(30)27(29(31)19-25)17-20(2)21-7-5-4-6-8-21/h4-12,18-20,23,26H,3,13-17H2,1-2H3. The number of ether oxygens (including phenoxy) is 1. The molecule has 0 aliphatic heterocycles. The Morgan fingerprint density at radius 2 is 1.47 bits per heavy atom. The van der Waals surface area contributed by atoms with Crippen LogP contribution in [0.25, 0.3) is 11.1 Å². The second-order valence-electron chi connectivity index (χ2n) is 8.99. The molecule has 0 bridgehead atoms. The lowest BCUT2D eigenvalue weighted by atomic mass is 9.82. The first kappa shape index (κ1) is 22.7. The maximum Gasteiger partial charge on any atom is 0.129 e. The second kappa shape index (κ2) is 10.4. The Morgan fingerprint density at radius 3 is 2.06 bits per heavy atom. The molecule has 0 saturated heterocycles. The Bertz CT molecular complexity index is 982. The van der Waals surface area contributed by atoms with Gasteiger partial charge >= 0.3 is 0 Å². The molecule has 0 spiro atoms. The molecule has 3 aromatic carbocycles. The van der Waals surface area contributed by atoms with Gasteiger partial charge in [0.15, 0.2) is 0 Å². The van der Waals surface area contributed by atoms with Gasteiger partial charge in [0.05, 0.1) is 6.10 Å². The molecule has 0 aromatic heterocycles. The summed E-state index contributed by atoms with van der Waals surface area (Å²) in [5.74, 6) is -0.360. The highest BCUT2D eigenvalue weighted by Crippen LogP contribution is 2.35. The van der Waals surface area contributed by atoms with E-state index in [1.807, 2.05) is 56.3 Å². The van der Waals surface area contributed by atoms with Crippen LogP contribution in [0.1, 0.15) is 68.1 Å². The van der Waals surface area contributed by atoms with Crippen molar-refractivity contribution in [1.82, 2.24) is 0 Å². The average Bonchev–Trinajstić information content (AvgIpc) is 2.82. The van der Waals surface area contributed by atoms with Crippen molar-refractivity contribution in [3.63, 3.8) is 0 Å². The van der Waals surface area contributed by atoms with Crippen LogP contribution in [0.4, 0.5) is 8.78 Å². The Morgan fingerprint density at radius 1 is 0.844 bits per heavy atom. The summed E-state index contributed by atoms with van der Waals surface area (Å²) in [5.41, 5.74) is 3.98. The van der Waals surface area contributed by atoms with Gasteiger partial charge in [-0.15, -0.1) is 0 Å². The maximum absolute atomic E-state index is 14.9. The van der Waals surface area contributed by atoms with Gasteiger partial charge in [-0.25, -0.2) is 8.78 Å². The normalized spacial score (nSPS) is 19.6. The SMILES string of the molecule is CCOC1CCC(c2ccc(-c3cc(F)c(CC(C)c4ccccc4)c(F)c3)cc2)CC1. The third-order valence-corrected chi connectivity index (χ3v) is 6.81. The molecule has 1 nitrogen and oxygen atoms in total. The van der Waals surface area contributed by atoms with Gasteiger partial charge in [0.2, 0.25) is 0 Å². The number of benzene rings is 3. The lowest BCUT2D eigenvalue weighted by molar-refractivity contribution is 0.0328. The van der Waals surface area contributed by atoms with Crippen molar-refractivity contribution in [3.05, 3.63) is 95.1 Å². The van der Waals surface area contributed by atoms with E-state index >= 15 is 0 Å². The number of rotatable bonds is 7. The molecule has 1 aliphatic carbocycles. The molecule has 1 aliphatic rings. The van der Waals surface area contributed by atoms with Crippen LogP contribution in [0.2, 0.25) is 0 Å². The molecule has 1 unspecified atom stereocenters. The molecule has 0 amide bonds. The van der Waals surface area contributed by atoms with E-state index in [-0.39, 0.29) is 11.5 Å². The third kappa shape index (κ3) is 5.27. The minimum absolute atomic E-state index is 0.0446. The van der Waals surface area contributed by atoms with Gasteiger partial charge in [-0.2, -0.15) is 0 Å². The second-order valence-corrected chi connectivity index (χ2v) is 8.99. The van der Waals surface area contributed by atoms with Crippen LogP contribution < -0.4 is 0 Å². The highest BCUT2D eigenvalue weighted by molar-refractivity contribution is 5.64. The summed E-state index contributed by atoms with van der Waals surface area (Å²) < 4.78 is 35.5. The molecule has 0 radical (unpaired) electrons. The molecular formula is C29H32F2O. The summed E-state index contributed by atoms with van der Waals surface area (Å²) in [6.45, 7) is 4.83. The molecule has 168 valence electrons. The zero-order valence-electron chi connectivity index (χ0n) is 19.0. The fourth-order valence-corrected chi connectivity index (χ4v) is 4.92. The van der Waals surface area contributed by atoms with Crippen molar-refractivity contribution < 1.29 is 13.5 Å². The van der Waals surface area contributed by atoms with Crippen LogP contribution in [0, 0.1) is 11.6 Å². The molecule has 0 heterocycles. The molecule has 1 saturated carbocycles. The summed E-state index contributed by atoms with van der Waals surface area (Å²) >= 11 is 0. The minimum atomic E-state index is -0.471. The van der Waals surface area contributed by atoms with Gasteiger partial charge in [-0.05, 0) is 85.3 Å². The Labute approximate surface area is 190 Å². The number of halogens is 2. The first-order valence-electron chi connectivity index (χ1n) is 11.8. The first-order valence-corrected chi connectivity index (χ1v) is 11.8. The highest BCUT2D eigenvalue weighted by Gasteiger charge is 2.22. The molecule has 3 aromatic rings. The van der Waals surface area contributed by atoms with E-state index in [1.165, 1.54) is 17.7 Å². The summed E-state index contributed by atoms with van der Waals surface area (Å²) in [4.78, 5) is 0. The smallest absolute Gasteiger partial charge is 0.129 e. The van der Waals surface area contributed by atoms with E-state index in [1.54, 1.807) is 0 Å². The summed E-state index contributed by atoms with van der Waals surface area (Å²) in [7, 11) is 0. The van der Waals surface area contributed by atoms with Crippen LogP contribution in [-0.4, -0.2) is 12.7 Å². The monoisotopic (exact) mass is 434 g/mol. The summed E-state index contributed by atoms with van der Waals surface area (Å²) in [5, 5.41) is 0. The van der Waals surface area contributed by atoms with E-state index in [0.29, 0.717) is 24.0 Å². The van der Waals surface area contributed by atoms with E-state index in [0.717, 1.165) is 43.4 Å². The van der Waals surface area contributed by atoms with Gasteiger partial charge in [0.1, 0.15) is 11.6 Å². The van der Waals surface area contributed by atoms with Gasteiger partial charge in [-0.1, -0.05) is 61.5 Å². The minimum Gasteiger partial charge on any atom is -0.379 e. The molecular weight excluding hydrogens is 402 g/mol. The zero-order valence-corrected chi connectivity index (χ0v) is 19.0. The molecule has 32 heavy (non-hydrogen) atoms. The Hall–Kier alpha value is -2.52. The highest BCUT2D eigenvalue weighted by atomic mass is 19.1. The molecule has 4 rings (SSSR count). The Balaban J connectivity index is 1.46. The predicted molar refractivity (Wildman–Crippen MR) is 127 cm³/mol. The molecule has 1 fully saturated rings. The summed E-state index contributed by atoms with van der Waals surface area (Å²) in [6, 6.07) is 21.0. The van der Waals surface area contributed by atoms with E-state index in [4.69, 9.17) is 4.74 Å². The van der Waals surface area contributed by atoms with Crippen molar-refractivity contribution in [2.75, 3.05) is 6.61 Å². The van der Waals surface area contributed by atoms with E-state index < -0.39 is 11.6 Å². The van der Waals surface area contributed by atoms with Crippen LogP contribution in [-0.2, 0) is 11.2 Å². The van der Waals surface area contributed by atoms with Gasteiger partial charge in [0.25, 0.3) is 0 Å². The Kier molecular flexibility index (Phi) is 7.36. The van der Waals surface area contributed by atoms with Gasteiger partial charge in [-0.3, -0.25) is 0 Å². The lowest BCUT2D eigenvalue weighted by Crippen LogP contribution is -2.20. The van der Waals surface area contributed by atoms with Crippen molar-refractivity contribution in [3.8, 4) is 11.1 Å². The van der Waals surface area contributed by atoms with Crippen molar-refractivity contribution in [2.24, 2.45) is 0 Å². The maximum atomic E-state index is 14.9. The quantitative estimate of drug-likeness (QED) is 0.366. The zero-order chi connectivity index (χ0) is 22.5. The fraction of sp³-hybridized carbons (Fsp3) is 0.379.